The zero-order chi connectivity index (χ0) is 37.1. The van der Waals surface area contributed by atoms with Crippen LogP contribution >= 0.6 is 11.6 Å². The molecule has 0 saturated carbocycles. The number of ketones is 1. The SMILES string of the molecule is [2H]C([2H])([2H])N(C)C([2H])([2H])/C=C/C(=O)Cc1cc2c(Nc3ccc(OCc4ccccn4)c(Cl)c3)c(C#N)cnc2cc1OC([2H])([2H])C([2H])([2H])[2H]. The van der Waals surface area contributed by atoms with Crippen molar-refractivity contribution >= 4 is 39.7 Å². The van der Waals surface area contributed by atoms with Gasteiger partial charge >= 0.3 is 0 Å². The van der Waals surface area contributed by atoms with Crippen LogP contribution in [-0.2, 0) is 17.8 Å². The van der Waals surface area contributed by atoms with E-state index in [1.54, 1.807) is 36.5 Å². The molecule has 4 rings (SSSR count). The zero-order valence-corrected chi connectivity index (χ0v) is 22.0. The highest BCUT2D eigenvalue weighted by Crippen LogP contribution is 2.36. The molecule has 2 aromatic carbocycles. The Morgan fingerprint density at radius 3 is 2.88 bits per heavy atom. The maximum absolute atomic E-state index is 13.1. The third kappa shape index (κ3) is 7.35. The van der Waals surface area contributed by atoms with Gasteiger partial charge in [-0.3, -0.25) is 14.8 Å². The maximum Gasteiger partial charge on any atom is 0.159 e. The fraction of sp³-hybridized carbons (Fsp3) is 0.226. The standard InChI is InChI=1S/C31H30ClN5O3/c1-4-39-30-17-28-26(15-21(30)14-25(38)9-7-13-37(2)3)31(22(18-33)19-35-28)36-23-10-11-29(27(32)16-23)40-20-24-8-5-6-12-34-24/h5-12,15-17,19H,4,13-14,20H2,1-3H3,(H,35,36)/b9-7+/i1D3,2D3,4D2,13D2. The molecule has 0 saturated heterocycles. The van der Waals surface area contributed by atoms with Gasteiger partial charge in [-0.2, -0.15) is 5.26 Å². The van der Waals surface area contributed by atoms with Gasteiger partial charge in [0.15, 0.2) is 5.78 Å². The monoisotopic (exact) mass is 565 g/mol. The number of halogens is 1. The second-order valence-electron chi connectivity index (χ2n) is 8.38. The molecule has 1 N–H and O–H groups in total. The predicted molar refractivity (Wildman–Crippen MR) is 157 cm³/mol. The Kier molecular flexibility index (Phi) is 6.10. The van der Waals surface area contributed by atoms with Gasteiger partial charge < -0.3 is 19.7 Å². The van der Waals surface area contributed by atoms with E-state index in [2.05, 4.69) is 15.3 Å². The van der Waals surface area contributed by atoms with Gasteiger partial charge in [-0.1, -0.05) is 23.7 Å². The summed E-state index contributed by atoms with van der Waals surface area (Å²) in [5.74, 6) is -0.724. The van der Waals surface area contributed by atoms with E-state index in [4.69, 9.17) is 34.8 Å². The molecule has 2 aromatic heterocycles. The second-order valence-corrected chi connectivity index (χ2v) is 8.79. The minimum atomic E-state index is -3.23. The van der Waals surface area contributed by atoms with Crippen LogP contribution in [0, 0.1) is 11.3 Å². The van der Waals surface area contributed by atoms with E-state index in [0.29, 0.717) is 22.0 Å². The van der Waals surface area contributed by atoms with Crippen molar-refractivity contribution in [2.45, 2.75) is 19.9 Å². The van der Waals surface area contributed by atoms with Crippen molar-refractivity contribution < 1.29 is 28.0 Å². The van der Waals surface area contributed by atoms with Gasteiger partial charge in [0.25, 0.3) is 0 Å². The molecule has 0 radical (unpaired) electrons. The Morgan fingerprint density at radius 2 is 2.12 bits per heavy atom. The number of hydrogen-bond acceptors (Lipinski definition) is 8. The number of fused-ring (bicyclic) bond motifs is 1. The summed E-state index contributed by atoms with van der Waals surface area (Å²) >= 11 is 6.50. The first-order valence-corrected chi connectivity index (χ1v) is 12.2. The van der Waals surface area contributed by atoms with Crippen LogP contribution in [0.15, 0.2) is 73.1 Å². The topological polar surface area (TPSA) is 100 Å². The number of rotatable bonds is 12. The molecule has 0 unspecified atom stereocenters. The highest BCUT2D eigenvalue weighted by molar-refractivity contribution is 6.32. The molecule has 0 atom stereocenters. The summed E-state index contributed by atoms with van der Waals surface area (Å²) in [5.41, 5.74) is 1.54. The molecule has 9 heteroatoms. The molecular formula is C31H30ClN5O3. The summed E-state index contributed by atoms with van der Waals surface area (Å²) in [5, 5.41) is 13.6. The van der Waals surface area contributed by atoms with E-state index in [9.17, 15) is 10.1 Å². The number of aromatic nitrogens is 2. The number of benzene rings is 2. The van der Waals surface area contributed by atoms with Crippen LogP contribution in [0.4, 0.5) is 11.4 Å². The first kappa shape index (κ1) is 18.0. The molecule has 0 fully saturated rings. The summed E-state index contributed by atoms with van der Waals surface area (Å²) < 4.78 is 88.3. The number of hydrogen-bond donors (Lipinski definition) is 1. The second kappa shape index (κ2) is 13.6. The van der Waals surface area contributed by atoms with Crippen LogP contribution in [-0.4, -0.2) is 47.7 Å². The van der Waals surface area contributed by atoms with Crippen molar-refractivity contribution in [1.82, 2.24) is 14.9 Å². The molecule has 204 valence electrons. The lowest BCUT2D eigenvalue weighted by Gasteiger charge is -2.16. The van der Waals surface area contributed by atoms with E-state index in [1.807, 2.05) is 12.1 Å². The van der Waals surface area contributed by atoms with Gasteiger partial charge in [-0.15, -0.1) is 0 Å². The molecule has 0 amide bonds. The molecule has 0 spiro atoms. The van der Waals surface area contributed by atoms with E-state index in [1.165, 1.54) is 18.3 Å². The lowest BCUT2D eigenvalue weighted by Crippen LogP contribution is -2.11. The minimum absolute atomic E-state index is 0.0266. The normalized spacial score (nSPS) is 16.1. The number of nitrogens with zero attached hydrogens (tertiary/aromatic N) is 4. The molecule has 4 aromatic rings. The Balaban J connectivity index is 1.74. The Hall–Kier alpha value is -4.45. The summed E-state index contributed by atoms with van der Waals surface area (Å²) in [4.78, 5) is 22.0. The maximum atomic E-state index is 13.1. The number of ether oxygens (including phenoxy) is 2. The predicted octanol–water partition coefficient (Wildman–Crippen LogP) is 6.11. The molecule has 8 nitrogen and oxygen atoms in total. The number of carbonyl (C=O) groups excluding carboxylic acids is 1. The largest absolute Gasteiger partial charge is 0.494 e. The van der Waals surface area contributed by atoms with Crippen molar-refractivity contribution in [2.24, 2.45) is 0 Å². The summed E-state index contributed by atoms with van der Waals surface area (Å²) in [7, 11) is 1.03. The smallest absolute Gasteiger partial charge is 0.159 e. The van der Waals surface area contributed by atoms with Crippen LogP contribution in [0.25, 0.3) is 10.9 Å². The van der Waals surface area contributed by atoms with Gasteiger partial charge in [-0.25, -0.2) is 0 Å². The number of likely N-dealkylation sites (N-methyl/N-ethyl adjacent to an activating group) is 1. The average Bonchev–Trinajstić information content (AvgIpc) is 3.03. The fourth-order valence-electron chi connectivity index (χ4n) is 3.74. The van der Waals surface area contributed by atoms with Crippen LogP contribution in [0.2, 0.25) is 5.02 Å². The van der Waals surface area contributed by atoms with E-state index < -0.39 is 39.1 Å². The van der Waals surface area contributed by atoms with Crippen molar-refractivity contribution in [2.75, 3.05) is 32.4 Å². The molecule has 40 heavy (non-hydrogen) atoms. The fourth-order valence-corrected chi connectivity index (χ4v) is 3.97. The summed E-state index contributed by atoms with van der Waals surface area (Å²) in [6.45, 7) is -11.6. The number of anilines is 2. The van der Waals surface area contributed by atoms with Crippen LogP contribution in [0.5, 0.6) is 11.5 Å². The first-order valence-electron chi connectivity index (χ1n) is 16.8. The highest BCUT2D eigenvalue weighted by Gasteiger charge is 2.16. The van der Waals surface area contributed by atoms with Gasteiger partial charge in [0.05, 0.1) is 36.8 Å². The average molecular weight is 566 g/mol. The molecule has 0 aliphatic heterocycles. The van der Waals surface area contributed by atoms with Crippen LogP contribution in [0.3, 0.4) is 0 Å². The number of allylic oxidation sites excluding steroid dienone is 1. The lowest BCUT2D eigenvalue weighted by atomic mass is 10.0. The Morgan fingerprint density at radius 1 is 1.23 bits per heavy atom. The molecular weight excluding hydrogens is 526 g/mol. The summed E-state index contributed by atoms with van der Waals surface area (Å²) in [6, 6.07) is 14.9. The Bertz CT molecular complexity index is 1950. The summed E-state index contributed by atoms with van der Waals surface area (Å²) in [6.07, 6.45) is 3.92. The number of nitriles is 1. The van der Waals surface area contributed by atoms with Crippen molar-refractivity contribution in [3.05, 3.63) is 94.9 Å². The van der Waals surface area contributed by atoms with Gasteiger partial charge in [-0.05, 0) is 63.3 Å². The van der Waals surface area contributed by atoms with Crippen LogP contribution in [0.1, 0.15) is 37.4 Å². The van der Waals surface area contributed by atoms with E-state index >= 15 is 0 Å². The first-order chi connectivity index (χ1) is 23.2. The van der Waals surface area contributed by atoms with Crippen molar-refractivity contribution in [3.8, 4) is 17.6 Å². The lowest BCUT2D eigenvalue weighted by molar-refractivity contribution is -0.114. The van der Waals surface area contributed by atoms with Gasteiger partial charge in [0.2, 0.25) is 0 Å². The third-order valence-electron chi connectivity index (χ3n) is 5.54. The van der Waals surface area contributed by atoms with Gasteiger partial charge in [0, 0.05) is 59.0 Å². The molecule has 0 bridgehead atoms. The quantitative estimate of drug-likeness (QED) is 0.205. The van der Waals surface area contributed by atoms with E-state index in [-0.39, 0.29) is 45.1 Å². The van der Waals surface area contributed by atoms with Crippen molar-refractivity contribution in [1.29, 1.82) is 5.26 Å². The Labute approximate surface area is 252 Å². The van der Waals surface area contributed by atoms with Gasteiger partial charge in [0.1, 0.15) is 24.2 Å². The molecule has 0 aliphatic carbocycles. The molecule has 0 aliphatic rings. The highest BCUT2D eigenvalue weighted by atomic mass is 35.5. The van der Waals surface area contributed by atoms with Crippen LogP contribution < -0.4 is 14.8 Å². The minimum Gasteiger partial charge on any atom is -0.494 e. The van der Waals surface area contributed by atoms with E-state index in [0.717, 1.165) is 19.2 Å². The number of nitrogens with one attached hydrogen (secondary N) is 1. The zero-order valence-electron chi connectivity index (χ0n) is 31.2. The molecule has 2 heterocycles. The third-order valence-corrected chi connectivity index (χ3v) is 5.83. The number of pyridine rings is 2. The van der Waals surface area contributed by atoms with Crippen molar-refractivity contribution in [3.63, 3.8) is 0 Å². The number of carbonyl (C=O) groups is 1.